The Morgan fingerprint density at radius 2 is 1.90 bits per heavy atom. The number of rotatable bonds is 2. The van der Waals surface area contributed by atoms with Gasteiger partial charge >= 0.3 is 0 Å². The molecule has 2 aromatic heterocycles. The molecule has 0 aliphatic carbocycles. The Kier molecular flexibility index (Phi) is 3.88. The van der Waals surface area contributed by atoms with E-state index in [1.54, 1.807) is 12.1 Å². The molecule has 0 aliphatic rings. The van der Waals surface area contributed by atoms with E-state index in [0.717, 1.165) is 16.3 Å². The number of phenolic OH excluding ortho intramolecular Hbond substituents is 1. The number of hydrogen-bond acceptors (Lipinski definition) is 3. The Morgan fingerprint density at radius 1 is 1.14 bits per heavy atom. The maximum absolute atomic E-state index is 10.1. The molecule has 0 saturated carbocycles. The average Bonchev–Trinajstić information content (AvgIpc) is 3.02. The summed E-state index contributed by atoms with van der Waals surface area (Å²) in [6.45, 7) is 1.91. The number of nitrogens with zero attached hydrogens (tertiary/aromatic N) is 1. The second-order valence-corrected chi connectivity index (χ2v) is 6.58. The lowest BCUT2D eigenvalue weighted by Gasteiger charge is -2.05. The van der Waals surface area contributed by atoms with Gasteiger partial charge in [-0.25, -0.2) is 4.98 Å². The van der Waals surface area contributed by atoms with Crippen molar-refractivity contribution in [1.82, 2.24) is 9.97 Å². The Bertz CT molecular complexity index is 806. The topological polar surface area (TPSA) is 48.9 Å². The van der Waals surface area contributed by atoms with E-state index in [-0.39, 0.29) is 5.75 Å². The molecular formula is C14H9Cl3N2OS. The van der Waals surface area contributed by atoms with Gasteiger partial charge in [-0.3, -0.25) is 0 Å². The maximum Gasteiger partial charge on any atom is 0.143 e. The molecule has 0 spiro atoms. The van der Waals surface area contributed by atoms with E-state index in [1.165, 1.54) is 11.3 Å². The van der Waals surface area contributed by atoms with Gasteiger partial charge in [0.15, 0.2) is 0 Å². The predicted octanol–water partition coefficient (Wildman–Crippen LogP) is 5.78. The summed E-state index contributed by atoms with van der Waals surface area (Å²) in [6, 6.07) is 5.27. The predicted molar refractivity (Wildman–Crippen MR) is 88.8 cm³/mol. The molecule has 0 bridgehead atoms. The number of aromatic hydroxyl groups is 1. The first kappa shape index (κ1) is 14.7. The minimum Gasteiger partial charge on any atom is -0.506 e. The smallest absolute Gasteiger partial charge is 0.143 e. The molecule has 3 nitrogen and oxygen atoms in total. The van der Waals surface area contributed by atoms with Gasteiger partial charge in [-0.05, 0) is 30.7 Å². The van der Waals surface area contributed by atoms with Gasteiger partial charge in [0.05, 0.1) is 21.4 Å². The van der Waals surface area contributed by atoms with Gasteiger partial charge in [0.2, 0.25) is 0 Å². The number of aromatic amines is 1. The van der Waals surface area contributed by atoms with Crippen LogP contribution in [0.25, 0.3) is 22.0 Å². The van der Waals surface area contributed by atoms with Crippen molar-refractivity contribution < 1.29 is 5.11 Å². The molecule has 0 atom stereocenters. The van der Waals surface area contributed by atoms with Crippen LogP contribution >= 0.6 is 46.1 Å². The van der Waals surface area contributed by atoms with E-state index in [9.17, 15) is 5.11 Å². The van der Waals surface area contributed by atoms with Crippen LogP contribution in [0.5, 0.6) is 5.75 Å². The number of nitrogens with one attached hydrogen (secondary N) is 1. The number of H-pyrrole nitrogens is 1. The largest absolute Gasteiger partial charge is 0.506 e. The first-order valence-electron chi connectivity index (χ1n) is 5.95. The third-order valence-electron chi connectivity index (χ3n) is 2.94. The summed E-state index contributed by atoms with van der Waals surface area (Å²) in [5.74, 6) is 0.0293. The molecule has 21 heavy (non-hydrogen) atoms. The van der Waals surface area contributed by atoms with E-state index < -0.39 is 0 Å². The van der Waals surface area contributed by atoms with E-state index in [1.807, 2.05) is 18.4 Å². The van der Waals surface area contributed by atoms with Gasteiger partial charge in [0, 0.05) is 10.9 Å². The third kappa shape index (κ3) is 2.77. The molecule has 1 aromatic carbocycles. The molecular weight excluding hydrogens is 351 g/mol. The summed E-state index contributed by atoms with van der Waals surface area (Å²) in [6.07, 6.45) is 0. The lowest BCUT2D eigenvalue weighted by molar-refractivity contribution is 0.477. The van der Waals surface area contributed by atoms with Crippen molar-refractivity contribution in [3.8, 4) is 27.7 Å². The number of aromatic nitrogens is 2. The highest BCUT2D eigenvalue weighted by molar-refractivity contribution is 7.13. The van der Waals surface area contributed by atoms with Crippen LogP contribution in [0.2, 0.25) is 15.2 Å². The standard InChI is InChI=1S/C14H9Cl3N2OS/c1-6-2-7(12(20)8(15)3-6)11-5-21-14(19-11)10-4-9(16)13(17)18-10/h2-5,18,20H,1H3. The quantitative estimate of drug-likeness (QED) is 0.609. The molecule has 0 amide bonds. The van der Waals surface area contributed by atoms with Crippen molar-refractivity contribution >= 4 is 46.1 Å². The summed E-state index contributed by atoms with van der Waals surface area (Å²) in [7, 11) is 0. The summed E-state index contributed by atoms with van der Waals surface area (Å²) in [5.41, 5.74) is 2.94. The molecule has 3 aromatic rings. The number of phenols is 1. The monoisotopic (exact) mass is 358 g/mol. The minimum absolute atomic E-state index is 0.0293. The van der Waals surface area contributed by atoms with Crippen LogP contribution in [-0.2, 0) is 0 Å². The van der Waals surface area contributed by atoms with Gasteiger partial charge in [-0.2, -0.15) is 0 Å². The van der Waals surface area contributed by atoms with Crippen LogP contribution in [0.4, 0.5) is 0 Å². The average molecular weight is 360 g/mol. The van der Waals surface area contributed by atoms with E-state index in [2.05, 4.69) is 9.97 Å². The summed E-state index contributed by atoms with van der Waals surface area (Å²) in [4.78, 5) is 7.46. The fourth-order valence-electron chi connectivity index (χ4n) is 1.97. The van der Waals surface area contributed by atoms with Crippen LogP contribution in [0.1, 0.15) is 5.56 Å². The van der Waals surface area contributed by atoms with Gasteiger partial charge in [-0.1, -0.05) is 34.8 Å². The van der Waals surface area contributed by atoms with Crippen molar-refractivity contribution in [3.63, 3.8) is 0 Å². The molecule has 7 heteroatoms. The highest BCUT2D eigenvalue weighted by Crippen LogP contribution is 2.38. The molecule has 2 N–H and O–H groups in total. The molecule has 0 fully saturated rings. The Balaban J connectivity index is 2.06. The number of hydrogen-bond donors (Lipinski definition) is 2. The van der Waals surface area contributed by atoms with Crippen molar-refractivity contribution in [3.05, 3.63) is 44.3 Å². The fraction of sp³-hybridized carbons (Fsp3) is 0.0714. The number of aryl methyl sites for hydroxylation is 1. The molecule has 2 heterocycles. The number of thiazole rings is 1. The van der Waals surface area contributed by atoms with E-state index in [4.69, 9.17) is 34.8 Å². The molecule has 0 saturated heterocycles. The highest BCUT2D eigenvalue weighted by atomic mass is 35.5. The van der Waals surface area contributed by atoms with Crippen molar-refractivity contribution in [2.24, 2.45) is 0 Å². The van der Waals surface area contributed by atoms with Gasteiger partial charge in [0.25, 0.3) is 0 Å². The zero-order chi connectivity index (χ0) is 15.1. The van der Waals surface area contributed by atoms with Crippen molar-refractivity contribution in [2.45, 2.75) is 6.92 Å². The van der Waals surface area contributed by atoms with Gasteiger partial charge in [0.1, 0.15) is 15.9 Å². The lowest BCUT2D eigenvalue weighted by Crippen LogP contribution is -1.84. The molecule has 0 radical (unpaired) electrons. The lowest BCUT2D eigenvalue weighted by atomic mass is 10.1. The normalized spacial score (nSPS) is 11.0. The van der Waals surface area contributed by atoms with Crippen LogP contribution in [0, 0.1) is 6.92 Å². The first-order valence-corrected chi connectivity index (χ1v) is 7.96. The maximum atomic E-state index is 10.1. The van der Waals surface area contributed by atoms with Crippen LogP contribution in [0.15, 0.2) is 23.6 Å². The van der Waals surface area contributed by atoms with Crippen LogP contribution < -0.4 is 0 Å². The van der Waals surface area contributed by atoms with E-state index in [0.29, 0.717) is 26.5 Å². The Labute approximate surface area is 140 Å². The molecule has 0 unspecified atom stereocenters. The zero-order valence-electron chi connectivity index (χ0n) is 10.7. The second kappa shape index (κ2) is 5.54. The van der Waals surface area contributed by atoms with Crippen molar-refractivity contribution in [1.29, 1.82) is 0 Å². The SMILES string of the molecule is Cc1cc(Cl)c(O)c(-c2csc(-c3cc(Cl)c(Cl)[nH]3)n2)c1. The summed E-state index contributed by atoms with van der Waals surface area (Å²) in [5, 5.41) is 13.8. The van der Waals surface area contributed by atoms with Crippen LogP contribution in [0.3, 0.4) is 0 Å². The van der Waals surface area contributed by atoms with Gasteiger partial charge in [-0.15, -0.1) is 11.3 Å². The van der Waals surface area contributed by atoms with E-state index >= 15 is 0 Å². The fourth-order valence-corrected chi connectivity index (χ4v) is 3.35. The van der Waals surface area contributed by atoms with Gasteiger partial charge < -0.3 is 10.1 Å². The van der Waals surface area contributed by atoms with Crippen LogP contribution in [-0.4, -0.2) is 15.1 Å². The molecule has 3 rings (SSSR count). The summed E-state index contributed by atoms with van der Waals surface area (Å²) < 4.78 is 0. The first-order chi connectivity index (χ1) is 9.95. The highest BCUT2D eigenvalue weighted by Gasteiger charge is 2.15. The minimum atomic E-state index is 0.0293. The summed E-state index contributed by atoms with van der Waals surface area (Å²) >= 11 is 19.3. The number of benzene rings is 1. The number of halogens is 3. The molecule has 108 valence electrons. The molecule has 0 aliphatic heterocycles. The Hall–Kier alpha value is -1.20. The van der Waals surface area contributed by atoms with Crippen molar-refractivity contribution in [2.75, 3.05) is 0 Å². The zero-order valence-corrected chi connectivity index (χ0v) is 13.8. The second-order valence-electron chi connectivity index (χ2n) is 4.53. The Morgan fingerprint density at radius 3 is 2.57 bits per heavy atom. The third-order valence-corrected chi connectivity index (χ3v) is 4.80.